The Hall–Kier alpha value is -0.160. The first-order valence-electron chi connectivity index (χ1n) is 5.74. The van der Waals surface area contributed by atoms with Crippen molar-refractivity contribution in [3.05, 3.63) is 0 Å². The van der Waals surface area contributed by atoms with Crippen molar-refractivity contribution in [2.45, 2.75) is 51.9 Å². The van der Waals surface area contributed by atoms with Crippen LogP contribution in [0.25, 0.3) is 0 Å². The summed E-state index contributed by atoms with van der Waals surface area (Å²) in [4.78, 5) is 0. The van der Waals surface area contributed by atoms with Gasteiger partial charge in [-0.1, -0.05) is 13.3 Å². The lowest BCUT2D eigenvalue weighted by molar-refractivity contribution is 0.00532. The van der Waals surface area contributed by atoms with Crippen molar-refractivity contribution in [3.63, 3.8) is 0 Å². The van der Waals surface area contributed by atoms with Crippen molar-refractivity contribution in [1.82, 2.24) is 5.32 Å². The summed E-state index contributed by atoms with van der Waals surface area (Å²) >= 11 is 0. The molecule has 0 radical (unpaired) electrons. The van der Waals surface area contributed by atoms with Crippen LogP contribution in [0.3, 0.4) is 0 Å². The van der Waals surface area contributed by atoms with Crippen LogP contribution < -0.4 is 5.32 Å². The minimum absolute atomic E-state index is 0.144. The van der Waals surface area contributed by atoms with Gasteiger partial charge in [-0.05, 0) is 20.3 Å². The highest BCUT2D eigenvalue weighted by Crippen LogP contribution is 1.94. The Labute approximate surface area is 92.6 Å². The van der Waals surface area contributed by atoms with Gasteiger partial charge in [0.15, 0.2) is 0 Å². The molecule has 0 bridgehead atoms. The third-order valence-corrected chi connectivity index (χ3v) is 2.00. The molecule has 0 aromatic heterocycles. The summed E-state index contributed by atoms with van der Waals surface area (Å²) in [6, 6.07) is 0. The van der Waals surface area contributed by atoms with Crippen LogP contribution in [0.4, 0.5) is 0 Å². The zero-order valence-corrected chi connectivity index (χ0v) is 10.1. The van der Waals surface area contributed by atoms with E-state index in [4.69, 9.17) is 4.74 Å². The number of nitrogens with one attached hydrogen (secondary N) is 1. The Morgan fingerprint density at radius 2 is 1.73 bits per heavy atom. The molecule has 0 fully saturated rings. The predicted octanol–water partition coefficient (Wildman–Crippen LogP) is 0.523. The fraction of sp³-hybridized carbons (Fsp3) is 1.00. The first-order valence-corrected chi connectivity index (χ1v) is 5.74. The third kappa shape index (κ3) is 10.1. The number of aliphatic hydroxyl groups is 2. The molecule has 0 spiro atoms. The number of hydrogen-bond acceptors (Lipinski definition) is 4. The topological polar surface area (TPSA) is 61.7 Å². The molecule has 0 aliphatic rings. The summed E-state index contributed by atoms with van der Waals surface area (Å²) in [5, 5.41) is 21.9. The van der Waals surface area contributed by atoms with Crippen LogP contribution in [-0.2, 0) is 4.74 Å². The Bertz CT molecular complexity index is 142. The maximum Gasteiger partial charge on any atom is 0.0897 e. The van der Waals surface area contributed by atoms with Crippen molar-refractivity contribution >= 4 is 0 Å². The normalized spacial score (nSPS) is 15.6. The lowest BCUT2D eigenvalue weighted by Crippen LogP contribution is -2.35. The van der Waals surface area contributed by atoms with Crippen LogP contribution >= 0.6 is 0 Å². The van der Waals surface area contributed by atoms with Crippen LogP contribution in [0, 0.1) is 0 Å². The SMILES string of the molecule is CCCC(O)CNCC(O)COC(C)C. The predicted molar refractivity (Wildman–Crippen MR) is 60.9 cm³/mol. The van der Waals surface area contributed by atoms with Crippen molar-refractivity contribution in [2.24, 2.45) is 0 Å². The van der Waals surface area contributed by atoms with Gasteiger partial charge < -0.3 is 20.3 Å². The van der Waals surface area contributed by atoms with E-state index in [0.717, 1.165) is 12.8 Å². The lowest BCUT2D eigenvalue weighted by Gasteiger charge is -2.15. The van der Waals surface area contributed by atoms with Crippen LogP contribution in [-0.4, -0.2) is 48.2 Å². The molecule has 92 valence electrons. The highest BCUT2D eigenvalue weighted by Gasteiger charge is 2.07. The molecular weight excluding hydrogens is 194 g/mol. The molecule has 2 atom stereocenters. The molecule has 0 heterocycles. The van der Waals surface area contributed by atoms with Crippen LogP contribution in [0.15, 0.2) is 0 Å². The molecule has 0 saturated heterocycles. The Balaban J connectivity index is 3.34. The zero-order valence-electron chi connectivity index (χ0n) is 10.1. The number of aliphatic hydroxyl groups excluding tert-OH is 2. The van der Waals surface area contributed by atoms with Gasteiger partial charge in [0.25, 0.3) is 0 Å². The summed E-state index contributed by atoms with van der Waals surface area (Å²) < 4.78 is 5.26. The molecule has 0 saturated carbocycles. The Morgan fingerprint density at radius 1 is 1.13 bits per heavy atom. The summed E-state index contributed by atoms with van der Waals surface area (Å²) in [6.07, 6.45) is 1.10. The van der Waals surface area contributed by atoms with E-state index in [1.807, 2.05) is 20.8 Å². The number of ether oxygens (including phenoxy) is 1. The maximum absolute atomic E-state index is 9.47. The second-order valence-corrected chi connectivity index (χ2v) is 4.14. The van der Waals surface area contributed by atoms with Gasteiger partial charge in [0.1, 0.15) is 0 Å². The zero-order chi connectivity index (χ0) is 11.7. The maximum atomic E-state index is 9.47. The molecule has 4 heteroatoms. The van der Waals surface area contributed by atoms with E-state index in [0.29, 0.717) is 19.7 Å². The average molecular weight is 219 g/mol. The average Bonchev–Trinajstić information content (AvgIpc) is 2.15. The summed E-state index contributed by atoms with van der Waals surface area (Å²) in [5.41, 5.74) is 0. The smallest absolute Gasteiger partial charge is 0.0897 e. The molecular formula is C11H25NO3. The lowest BCUT2D eigenvalue weighted by atomic mass is 10.2. The van der Waals surface area contributed by atoms with E-state index >= 15 is 0 Å². The standard InChI is InChI=1S/C11H25NO3/c1-4-5-10(13)6-12-7-11(14)8-15-9(2)3/h9-14H,4-8H2,1-3H3. The molecule has 0 rings (SSSR count). The van der Waals surface area contributed by atoms with Crippen LogP contribution in [0.1, 0.15) is 33.6 Å². The van der Waals surface area contributed by atoms with Crippen molar-refractivity contribution in [3.8, 4) is 0 Å². The van der Waals surface area contributed by atoms with Gasteiger partial charge in [0.2, 0.25) is 0 Å². The highest BCUT2D eigenvalue weighted by atomic mass is 16.5. The van der Waals surface area contributed by atoms with Gasteiger partial charge in [-0.3, -0.25) is 0 Å². The molecule has 0 aromatic carbocycles. The van der Waals surface area contributed by atoms with Crippen molar-refractivity contribution in [1.29, 1.82) is 0 Å². The minimum atomic E-state index is -0.499. The van der Waals surface area contributed by atoms with E-state index in [1.54, 1.807) is 0 Å². The molecule has 0 amide bonds. The number of hydrogen-bond donors (Lipinski definition) is 3. The van der Waals surface area contributed by atoms with E-state index in [-0.39, 0.29) is 12.2 Å². The Morgan fingerprint density at radius 3 is 2.27 bits per heavy atom. The summed E-state index contributed by atoms with van der Waals surface area (Å²) in [5.74, 6) is 0. The summed E-state index contributed by atoms with van der Waals surface area (Å²) in [7, 11) is 0. The fourth-order valence-electron chi connectivity index (χ4n) is 1.21. The first kappa shape index (κ1) is 14.8. The van der Waals surface area contributed by atoms with E-state index in [9.17, 15) is 10.2 Å². The van der Waals surface area contributed by atoms with Crippen LogP contribution in [0.5, 0.6) is 0 Å². The van der Waals surface area contributed by atoms with Gasteiger partial charge in [-0.25, -0.2) is 0 Å². The number of rotatable bonds is 9. The summed E-state index contributed by atoms with van der Waals surface area (Å²) in [6.45, 7) is 7.25. The molecule has 4 nitrogen and oxygen atoms in total. The second kappa shape index (κ2) is 9.09. The molecule has 15 heavy (non-hydrogen) atoms. The quantitative estimate of drug-likeness (QED) is 0.529. The Kier molecular flexibility index (Phi) is 9.00. The minimum Gasteiger partial charge on any atom is -0.392 e. The van der Waals surface area contributed by atoms with Gasteiger partial charge in [-0.15, -0.1) is 0 Å². The van der Waals surface area contributed by atoms with Crippen LogP contribution in [0.2, 0.25) is 0 Å². The van der Waals surface area contributed by atoms with Gasteiger partial charge in [-0.2, -0.15) is 0 Å². The van der Waals surface area contributed by atoms with Gasteiger partial charge in [0.05, 0.1) is 24.9 Å². The fourth-order valence-corrected chi connectivity index (χ4v) is 1.21. The van der Waals surface area contributed by atoms with Crippen molar-refractivity contribution in [2.75, 3.05) is 19.7 Å². The molecule has 0 aliphatic heterocycles. The molecule has 2 unspecified atom stereocenters. The first-order chi connectivity index (χ1) is 7.06. The second-order valence-electron chi connectivity index (χ2n) is 4.14. The highest BCUT2D eigenvalue weighted by molar-refractivity contribution is 4.63. The van der Waals surface area contributed by atoms with E-state index < -0.39 is 6.10 Å². The van der Waals surface area contributed by atoms with Gasteiger partial charge >= 0.3 is 0 Å². The van der Waals surface area contributed by atoms with E-state index in [2.05, 4.69) is 5.32 Å². The molecule has 0 aromatic rings. The molecule has 3 N–H and O–H groups in total. The van der Waals surface area contributed by atoms with Crippen molar-refractivity contribution < 1.29 is 14.9 Å². The third-order valence-electron chi connectivity index (χ3n) is 2.00. The van der Waals surface area contributed by atoms with E-state index in [1.165, 1.54) is 0 Å². The van der Waals surface area contributed by atoms with Gasteiger partial charge in [0, 0.05) is 13.1 Å². The monoisotopic (exact) mass is 219 g/mol. The molecule has 0 aliphatic carbocycles. The largest absolute Gasteiger partial charge is 0.392 e.